The number of carbonyl (C=O) groups excluding carboxylic acids is 4. The Bertz CT molecular complexity index is 1490. The zero-order valence-corrected chi connectivity index (χ0v) is 29.5. The molecule has 2 aromatic carbocycles. The van der Waals surface area contributed by atoms with Crippen LogP contribution in [0, 0.1) is 5.41 Å². The van der Waals surface area contributed by atoms with Gasteiger partial charge in [0.25, 0.3) is 0 Å². The highest BCUT2D eigenvalue weighted by molar-refractivity contribution is 5.96. The SMILES string of the molecule is NCCCCC(NC(=O)C1(CC(=O)C(Cc2ccccc2)NC(=O)C(N)Cc2ccccc2)CCCCC1)C(=O)N1CC2CC(C1)N2CC(=O)O. The molecule has 1 aliphatic carbocycles. The van der Waals surface area contributed by atoms with Gasteiger partial charge < -0.3 is 32.1 Å². The minimum atomic E-state index is -1.02. The van der Waals surface area contributed by atoms with Gasteiger partial charge in [0.1, 0.15) is 6.04 Å². The lowest BCUT2D eigenvalue weighted by molar-refractivity contribution is -0.155. The summed E-state index contributed by atoms with van der Waals surface area (Å²) in [6.45, 7) is 1.26. The highest BCUT2D eigenvalue weighted by Crippen LogP contribution is 2.41. The molecule has 7 N–H and O–H groups in total. The number of Topliss-reactive ketones (excluding diaryl/α,β-unsaturated/α-hetero) is 1. The minimum absolute atomic E-state index is 0.0101. The van der Waals surface area contributed by atoms with E-state index in [0.717, 1.165) is 36.8 Å². The van der Waals surface area contributed by atoms with Gasteiger partial charge >= 0.3 is 5.97 Å². The summed E-state index contributed by atoms with van der Waals surface area (Å²) in [5.41, 5.74) is 12.9. The van der Waals surface area contributed by atoms with Gasteiger partial charge in [-0.1, -0.05) is 79.9 Å². The molecule has 2 bridgehead atoms. The van der Waals surface area contributed by atoms with Gasteiger partial charge in [0.2, 0.25) is 17.7 Å². The second-order valence-electron chi connectivity index (χ2n) is 14.7. The summed E-state index contributed by atoms with van der Waals surface area (Å²) in [4.78, 5) is 71.1. The first-order valence-corrected chi connectivity index (χ1v) is 18.5. The van der Waals surface area contributed by atoms with E-state index < -0.39 is 35.4 Å². The van der Waals surface area contributed by atoms with Gasteiger partial charge in [-0.05, 0) is 69.0 Å². The number of fused-ring (bicyclic) bond motifs is 2. The normalized spacial score (nSPS) is 21.4. The monoisotopic (exact) mass is 702 g/mol. The predicted octanol–water partition coefficient (Wildman–Crippen LogP) is 2.18. The molecule has 3 amide bonds. The van der Waals surface area contributed by atoms with E-state index in [9.17, 15) is 29.1 Å². The first-order valence-electron chi connectivity index (χ1n) is 18.5. The van der Waals surface area contributed by atoms with Crippen molar-refractivity contribution in [1.82, 2.24) is 20.4 Å². The second kappa shape index (κ2) is 17.9. The number of ketones is 1. The van der Waals surface area contributed by atoms with E-state index in [1.54, 1.807) is 4.90 Å². The average molecular weight is 703 g/mol. The average Bonchev–Trinajstić information content (AvgIpc) is 3.14. The highest BCUT2D eigenvalue weighted by Gasteiger charge is 2.48. The lowest BCUT2D eigenvalue weighted by Crippen LogP contribution is -2.71. The van der Waals surface area contributed by atoms with E-state index in [1.807, 2.05) is 65.6 Å². The number of hydrogen-bond donors (Lipinski definition) is 5. The quantitative estimate of drug-likeness (QED) is 0.145. The van der Waals surface area contributed by atoms with E-state index in [-0.39, 0.29) is 49.1 Å². The number of nitrogens with two attached hydrogens (primary N) is 2. The van der Waals surface area contributed by atoms with Crippen LogP contribution in [-0.2, 0) is 36.8 Å². The number of unbranched alkanes of at least 4 members (excludes halogenated alkanes) is 1. The molecule has 3 saturated heterocycles. The Labute approximate surface area is 300 Å². The number of carboxylic acid groups (broad SMARTS) is 1. The molecule has 3 heterocycles. The minimum Gasteiger partial charge on any atom is -0.480 e. The van der Waals surface area contributed by atoms with Crippen molar-refractivity contribution in [3.05, 3.63) is 71.8 Å². The molecule has 5 unspecified atom stereocenters. The number of amides is 3. The van der Waals surface area contributed by atoms with Gasteiger partial charge in [0.15, 0.2) is 5.78 Å². The van der Waals surface area contributed by atoms with Crippen LogP contribution in [0.1, 0.15) is 75.3 Å². The number of piperazine rings is 1. The Morgan fingerprint density at radius 2 is 1.43 bits per heavy atom. The lowest BCUT2D eigenvalue weighted by Gasteiger charge is -2.56. The molecule has 51 heavy (non-hydrogen) atoms. The fourth-order valence-electron chi connectivity index (χ4n) is 8.07. The number of aliphatic carboxylic acids is 1. The van der Waals surface area contributed by atoms with E-state index in [1.165, 1.54) is 0 Å². The van der Waals surface area contributed by atoms with Crippen molar-refractivity contribution < 1.29 is 29.1 Å². The third-order valence-corrected chi connectivity index (χ3v) is 11.0. The molecule has 4 fully saturated rings. The van der Waals surface area contributed by atoms with Crippen LogP contribution in [0.4, 0.5) is 0 Å². The smallest absolute Gasteiger partial charge is 0.317 e. The Morgan fingerprint density at radius 1 is 0.824 bits per heavy atom. The number of rotatable bonds is 18. The predicted molar refractivity (Wildman–Crippen MR) is 193 cm³/mol. The van der Waals surface area contributed by atoms with Crippen molar-refractivity contribution in [3.63, 3.8) is 0 Å². The van der Waals surface area contributed by atoms with Gasteiger partial charge in [-0.25, -0.2) is 0 Å². The molecule has 6 rings (SSSR count). The molecular weight excluding hydrogens is 648 g/mol. The Kier molecular flexibility index (Phi) is 13.4. The van der Waals surface area contributed by atoms with Crippen LogP contribution < -0.4 is 22.1 Å². The lowest BCUT2D eigenvalue weighted by atomic mass is 9.69. The standard InChI is InChI=1S/C39H54N6O6/c40-19-11-8-16-32(37(50)44-24-29-22-30(25-44)45(29)26-35(47)48)43-38(51)39(17-9-3-10-18-39)23-34(46)33(21-28-14-6-2-7-15-28)42-36(49)31(41)20-27-12-4-1-5-13-27/h1-2,4-7,12-15,29-33H,3,8-11,16-26,40-41H2,(H,42,49)(H,43,51)(H,47,48). The number of carboxylic acids is 1. The molecular formula is C39H54N6O6. The van der Waals surface area contributed by atoms with Gasteiger partial charge in [0.05, 0.1) is 24.0 Å². The Morgan fingerprint density at radius 3 is 2.02 bits per heavy atom. The van der Waals surface area contributed by atoms with E-state index in [4.69, 9.17) is 11.5 Å². The molecule has 0 aromatic heterocycles. The molecule has 12 nitrogen and oxygen atoms in total. The molecule has 12 heteroatoms. The van der Waals surface area contributed by atoms with E-state index >= 15 is 0 Å². The van der Waals surface area contributed by atoms with Crippen LogP contribution in [0.25, 0.3) is 0 Å². The van der Waals surface area contributed by atoms with Crippen LogP contribution in [-0.4, -0.2) is 101 Å². The molecule has 0 radical (unpaired) electrons. The molecule has 276 valence electrons. The van der Waals surface area contributed by atoms with Gasteiger partial charge in [-0.3, -0.25) is 28.9 Å². The van der Waals surface area contributed by atoms with Crippen LogP contribution in [0.15, 0.2) is 60.7 Å². The summed E-state index contributed by atoms with van der Waals surface area (Å²) in [6, 6.07) is 16.4. The maximum absolute atomic E-state index is 14.4. The summed E-state index contributed by atoms with van der Waals surface area (Å²) >= 11 is 0. The summed E-state index contributed by atoms with van der Waals surface area (Å²) < 4.78 is 0. The zero-order valence-electron chi connectivity index (χ0n) is 29.5. The fourth-order valence-corrected chi connectivity index (χ4v) is 8.07. The van der Waals surface area contributed by atoms with Crippen molar-refractivity contribution in [2.75, 3.05) is 26.2 Å². The Balaban J connectivity index is 1.31. The van der Waals surface area contributed by atoms with Crippen LogP contribution in [0.2, 0.25) is 0 Å². The first kappa shape index (κ1) is 38.1. The first-order chi connectivity index (χ1) is 24.6. The maximum Gasteiger partial charge on any atom is 0.317 e. The molecule has 5 atom stereocenters. The molecule has 1 saturated carbocycles. The summed E-state index contributed by atoms with van der Waals surface area (Å²) in [5, 5.41) is 15.3. The van der Waals surface area contributed by atoms with Crippen molar-refractivity contribution in [2.45, 2.75) is 107 Å². The van der Waals surface area contributed by atoms with Gasteiger partial charge in [-0.2, -0.15) is 0 Å². The van der Waals surface area contributed by atoms with Crippen molar-refractivity contribution in [3.8, 4) is 0 Å². The third-order valence-electron chi connectivity index (χ3n) is 11.0. The van der Waals surface area contributed by atoms with Crippen molar-refractivity contribution in [2.24, 2.45) is 16.9 Å². The number of benzene rings is 2. The summed E-state index contributed by atoms with van der Waals surface area (Å²) in [5.74, 6) is -2.03. The van der Waals surface area contributed by atoms with Crippen LogP contribution >= 0.6 is 0 Å². The number of piperidine rings is 1. The van der Waals surface area contributed by atoms with E-state index in [2.05, 4.69) is 10.6 Å². The van der Waals surface area contributed by atoms with Crippen LogP contribution in [0.5, 0.6) is 0 Å². The third kappa shape index (κ3) is 10.0. The van der Waals surface area contributed by atoms with E-state index in [0.29, 0.717) is 58.2 Å². The van der Waals surface area contributed by atoms with Crippen molar-refractivity contribution in [1.29, 1.82) is 0 Å². The topological polar surface area (TPSA) is 188 Å². The maximum atomic E-state index is 14.4. The molecule has 3 aliphatic heterocycles. The van der Waals surface area contributed by atoms with Gasteiger partial charge in [0, 0.05) is 31.6 Å². The zero-order chi connectivity index (χ0) is 36.4. The van der Waals surface area contributed by atoms with Crippen LogP contribution in [0.3, 0.4) is 0 Å². The largest absolute Gasteiger partial charge is 0.480 e. The molecule has 2 aromatic rings. The molecule has 0 spiro atoms. The fraction of sp³-hybridized carbons (Fsp3) is 0.564. The second-order valence-corrected chi connectivity index (χ2v) is 14.7. The molecule has 4 aliphatic rings. The number of carbonyl (C=O) groups is 5. The number of hydrogen-bond acceptors (Lipinski definition) is 8. The number of nitrogens with one attached hydrogen (secondary N) is 2. The summed E-state index contributed by atoms with van der Waals surface area (Å²) in [6.07, 6.45) is 6.66. The van der Waals surface area contributed by atoms with Crippen molar-refractivity contribution >= 4 is 29.5 Å². The highest BCUT2D eigenvalue weighted by atomic mass is 16.4. The van der Waals surface area contributed by atoms with Gasteiger partial charge in [-0.15, -0.1) is 0 Å². The number of nitrogens with zero attached hydrogens (tertiary/aromatic N) is 2. The summed E-state index contributed by atoms with van der Waals surface area (Å²) in [7, 11) is 0. The Hall–Kier alpha value is -4.13.